The van der Waals surface area contributed by atoms with E-state index in [0.717, 1.165) is 35.0 Å². The van der Waals surface area contributed by atoms with Crippen molar-refractivity contribution in [3.05, 3.63) is 86.0 Å². The Bertz CT molecular complexity index is 1640. The molecular weight excluding hydrogens is 500 g/mol. The zero-order valence-electron chi connectivity index (χ0n) is 18.9. The fourth-order valence-corrected chi connectivity index (χ4v) is 7.01. The second-order valence-corrected chi connectivity index (χ2v) is 11.3. The molecule has 0 radical (unpaired) electrons. The maximum atomic E-state index is 13.9. The molecule has 35 heavy (non-hydrogen) atoms. The van der Waals surface area contributed by atoms with E-state index >= 15 is 0 Å². The molecule has 6 nitrogen and oxygen atoms in total. The SMILES string of the molecule is C[C@H]1CCc2sc3c(c2C1)c(=O)n(-c1ccc(Cl)cc1)c1nnc(SCC(=O)c2ccccc2)n31. The third kappa shape index (κ3) is 3.90. The van der Waals surface area contributed by atoms with Crippen LogP contribution >= 0.6 is 34.7 Å². The van der Waals surface area contributed by atoms with Crippen molar-refractivity contribution in [2.45, 2.75) is 31.3 Å². The van der Waals surface area contributed by atoms with Gasteiger partial charge in [0.15, 0.2) is 10.9 Å². The number of rotatable bonds is 5. The molecule has 0 fully saturated rings. The number of Topliss-reactive ketones (excluding diaryl/α,β-unsaturated/α-hetero) is 1. The van der Waals surface area contributed by atoms with Crippen molar-refractivity contribution in [2.24, 2.45) is 5.92 Å². The van der Waals surface area contributed by atoms with Crippen LogP contribution in [0.3, 0.4) is 0 Å². The molecule has 0 aliphatic heterocycles. The molecule has 2 aromatic carbocycles. The summed E-state index contributed by atoms with van der Waals surface area (Å²) in [6, 6.07) is 16.4. The number of carbonyl (C=O) groups is 1. The van der Waals surface area contributed by atoms with E-state index in [1.54, 1.807) is 28.0 Å². The van der Waals surface area contributed by atoms with E-state index in [4.69, 9.17) is 11.6 Å². The van der Waals surface area contributed by atoms with E-state index in [1.807, 2.05) is 46.9 Å². The molecule has 1 atom stereocenters. The molecule has 3 aromatic heterocycles. The summed E-state index contributed by atoms with van der Waals surface area (Å²) >= 11 is 9.11. The minimum absolute atomic E-state index is 0.0221. The number of nitrogens with zero attached hydrogens (tertiary/aromatic N) is 4. The Kier molecular flexibility index (Phi) is 5.75. The van der Waals surface area contributed by atoms with Gasteiger partial charge in [-0.15, -0.1) is 21.5 Å². The van der Waals surface area contributed by atoms with Crippen LogP contribution in [0.2, 0.25) is 5.02 Å². The Morgan fingerprint density at radius 3 is 2.69 bits per heavy atom. The van der Waals surface area contributed by atoms with Crippen LogP contribution in [-0.2, 0) is 12.8 Å². The molecular formula is C26H21ClN4O2S2. The number of fused-ring (bicyclic) bond motifs is 5. The molecule has 1 aliphatic carbocycles. The first-order valence-electron chi connectivity index (χ1n) is 11.4. The first-order chi connectivity index (χ1) is 17.0. The lowest BCUT2D eigenvalue weighted by molar-refractivity contribution is 0.102. The van der Waals surface area contributed by atoms with Crippen molar-refractivity contribution in [3.8, 4) is 5.69 Å². The van der Waals surface area contributed by atoms with Crippen molar-refractivity contribution >= 4 is 56.5 Å². The first kappa shape index (κ1) is 22.5. The number of thioether (sulfide) groups is 1. The molecule has 0 saturated heterocycles. The highest BCUT2D eigenvalue weighted by molar-refractivity contribution is 7.99. The molecule has 0 spiro atoms. The van der Waals surface area contributed by atoms with E-state index in [0.29, 0.717) is 33.1 Å². The van der Waals surface area contributed by atoms with E-state index in [-0.39, 0.29) is 17.1 Å². The highest BCUT2D eigenvalue weighted by Gasteiger charge is 2.27. The monoisotopic (exact) mass is 520 g/mol. The van der Waals surface area contributed by atoms with Gasteiger partial charge in [-0.2, -0.15) is 0 Å². The lowest BCUT2D eigenvalue weighted by Crippen LogP contribution is -2.22. The smallest absolute Gasteiger partial charge is 0.268 e. The average Bonchev–Trinajstić information content (AvgIpc) is 3.45. The standard InChI is InChI=1S/C26H21ClN4O2S2/c1-15-7-12-21-19(13-15)22-23(33)30(18-10-8-17(27)9-11-18)25-28-29-26(31(25)24(22)35-21)34-14-20(32)16-5-3-2-4-6-16/h2-6,8-11,15H,7,12-14H2,1H3/t15-/m0/s1. The Labute approximate surface area is 214 Å². The summed E-state index contributed by atoms with van der Waals surface area (Å²) in [5, 5.41) is 10.8. The van der Waals surface area contributed by atoms with Gasteiger partial charge in [0.25, 0.3) is 5.56 Å². The largest absolute Gasteiger partial charge is 0.293 e. The van der Waals surface area contributed by atoms with Crippen LogP contribution in [0.4, 0.5) is 0 Å². The third-order valence-corrected chi connectivity index (χ3v) is 8.90. The number of ketones is 1. The van der Waals surface area contributed by atoms with E-state index in [2.05, 4.69) is 17.1 Å². The number of carbonyl (C=O) groups excluding carboxylic acids is 1. The summed E-state index contributed by atoms with van der Waals surface area (Å²) in [5.41, 5.74) is 2.39. The van der Waals surface area contributed by atoms with Crippen molar-refractivity contribution in [1.29, 1.82) is 0 Å². The zero-order valence-corrected chi connectivity index (χ0v) is 21.3. The van der Waals surface area contributed by atoms with Gasteiger partial charge in [0.05, 0.1) is 16.8 Å². The number of thiophene rings is 1. The normalized spacial score (nSPS) is 15.5. The number of benzene rings is 2. The molecule has 0 unspecified atom stereocenters. The second kappa shape index (κ2) is 8.93. The highest BCUT2D eigenvalue weighted by Crippen LogP contribution is 2.38. The van der Waals surface area contributed by atoms with Gasteiger partial charge in [0, 0.05) is 15.5 Å². The Hall–Kier alpha value is -2.94. The van der Waals surface area contributed by atoms with E-state index in [1.165, 1.54) is 16.6 Å². The van der Waals surface area contributed by atoms with Gasteiger partial charge in [-0.1, -0.05) is 60.6 Å². The molecule has 9 heteroatoms. The van der Waals surface area contributed by atoms with E-state index in [9.17, 15) is 9.59 Å². The summed E-state index contributed by atoms with van der Waals surface area (Å²) < 4.78 is 3.56. The average molecular weight is 521 g/mol. The first-order valence-corrected chi connectivity index (χ1v) is 13.6. The Morgan fingerprint density at radius 2 is 1.91 bits per heavy atom. The molecule has 0 N–H and O–H groups in total. The molecule has 3 heterocycles. The minimum Gasteiger partial charge on any atom is -0.293 e. The predicted octanol–water partition coefficient (Wildman–Crippen LogP) is 5.85. The summed E-state index contributed by atoms with van der Waals surface area (Å²) in [5.74, 6) is 1.21. The second-order valence-electron chi connectivity index (χ2n) is 8.84. The highest BCUT2D eigenvalue weighted by atomic mass is 35.5. The van der Waals surface area contributed by atoms with E-state index < -0.39 is 0 Å². The molecule has 176 valence electrons. The van der Waals surface area contributed by atoms with Crippen LogP contribution in [0.5, 0.6) is 0 Å². The number of aromatic nitrogens is 4. The number of halogens is 1. The quantitative estimate of drug-likeness (QED) is 0.215. The lowest BCUT2D eigenvalue weighted by atomic mass is 9.89. The van der Waals surface area contributed by atoms with Gasteiger partial charge < -0.3 is 0 Å². The minimum atomic E-state index is -0.0919. The number of aryl methyl sites for hydroxylation is 1. The van der Waals surface area contributed by atoms with Gasteiger partial charge >= 0.3 is 0 Å². The van der Waals surface area contributed by atoms with Gasteiger partial charge in [-0.05, 0) is 55.0 Å². The van der Waals surface area contributed by atoms with Crippen LogP contribution in [0.25, 0.3) is 21.7 Å². The molecule has 1 aliphatic rings. The van der Waals surface area contributed by atoms with Crippen LogP contribution in [0, 0.1) is 5.92 Å². The maximum absolute atomic E-state index is 13.9. The molecule has 6 rings (SSSR count). The van der Waals surface area contributed by atoms with Gasteiger partial charge in [0.2, 0.25) is 5.78 Å². The van der Waals surface area contributed by atoms with Crippen molar-refractivity contribution < 1.29 is 4.79 Å². The molecule has 5 aromatic rings. The Morgan fingerprint density at radius 1 is 1.14 bits per heavy atom. The van der Waals surface area contributed by atoms with Gasteiger partial charge in [-0.3, -0.25) is 9.59 Å². The molecule has 0 amide bonds. The van der Waals surface area contributed by atoms with Crippen molar-refractivity contribution in [3.63, 3.8) is 0 Å². The fourth-order valence-electron chi connectivity index (χ4n) is 4.66. The molecule has 0 saturated carbocycles. The van der Waals surface area contributed by atoms with Gasteiger partial charge in [-0.25, -0.2) is 8.97 Å². The summed E-state index contributed by atoms with van der Waals surface area (Å²) in [7, 11) is 0. The van der Waals surface area contributed by atoms with Crippen LogP contribution in [0.15, 0.2) is 64.5 Å². The lowest BCUT2D eigenvalue weighted by Gasteiger charge is -2.18. The predicted molar refractivity (Wildman–Crippen MR) is 142 cm³/mol. The fraction of sp³-hybridized carbons (Fsp3) is 0.231. The third-order valence-electron chi connectivity index (χ3n) is 6.44. The van der Waals surface area contributed by atoms with Crippen molar-refractivity contribution in [2.75, 3.05) is 5.75 Å². The maximum Gasteiger partial charge on any atom is 0.268 e. The van der Waals surface area contributed by atoms with Crippen LogP contribution in [-0.4, -0.2) is 30.7 Å². The van der Waals surface area contributed by atoms with Gasteiger partial charge in [0.1, 0.15) is 4.83 Å². The summed E-state index contributed by atoms with van der Waals surface area (Å²) in [6.07, 6.45) is 2.96. The van der Waals surface area contributed by atoms with Crippen LogP contribution < -0.4 is 5.56 Å². The van der Waals surface area contributed by atoms with Crippen molar-refractivity contribution in [1.82, 2.24) is 19.2 Å². The number of hydrogen-bond acceptors (Lipinski definition) is 6. The van der Waals surface area contributed by atoms with Crippen LogP contribution in [0.1, 0.15) is 34.1 Å². The Balaban J connectivity index is 1.55. The molecule has 0 bridgehead atoms. The number of hydrogen-bond donors (Lipinski definition) is 0. The summed E-state index contributed by atoms with van der Waals surface area (Å²) in [4.78, 5) is 28.8. The topological polar surface area (TPSA) is 69.3 Å². The summed E-state index contributed by atoms with van der Waals surface area (Å²) in [6.45, 7) is 2.23. The zero-order chi connectivity index (χ0) is 24.1.